The lowest BCUT2D eigenvalue weighted by Gasteiger charge is -2.34. The van der Waals surface area contributed by atoms with E-state index < -0.39 is 0 Å². The minimum atomic E-state index is -0.107. The van der Waals surface area contributed by atoms with Crippen molar-refractivity contribution in [2.75, 3.05) is 6.54 Å². The number of carbonyl (C=O) groups is 1. The van der Waals surface area contributed by atoms with Crippen molar-refractivity contribution in [1.82, 2.24) is 29.6 Å². The van der Waals surface area contributed by atoms with Gasteiger partial charge in [-0.25, -0.2) is 4.98 Å². The summed E-state index contributed by atoms with van der Waals surface area (Å²) in [6, 6.07) is 7.76. The molecule has 26 heavy (non-hydrogen) atoms. The molecule has 4 rings (SSSR count). The summed E-state index contributed by atoms with van der Waals surface area (Å²) in [7, 11) is 0. The monoisotopic (exact) mass is 350 g/mol. The van der Waals surface area contributed by atoms with Gasteiger partial charge in [0.1, 0.15) is 11.5 Å². The standard InChI is InChI=1S/C19H22N6O/c1-12(2)8-14-10-24(11-18-23-22-13(3)25(14)18)19(26)17-9-20-15-6-4-5-7-16(15)21-17/h4-7,9,12,14H,8,10-11H2,1-3H3/t14-/m0/s1. The van der Waals surface area contributed by atoms with E-state index in [2.05, 4.69) is 38.6 Å². The summed E-state index contributed by atoms with van der Waals surface area (Å²) in [6.45, 7) is 7.43. The van der Waals surface area contributed by atoms with Gasteiger partial charge in [-0.1, -0.05) is 26.0 Å². The van der Waals surface area contributed by atoms with E-state index in [0.29, 0.717) is 24.7 Å². The van der Waals surface area contributed by atoms with Gasteiger partial charge in [-0.05, 0) is 31.4 Å². The predicted octanol–water partition coefficient (Wildman–Crippen LogP) is 2.77. The van der Waals surface area contributed by atoms with E-state index in [0.717, 1.165) is 29.1 Å². The van der Waals surface area contributed by atoms with Crippen LogP contribution in [0.25, 0.3) is 11.0 Å². The predicted molar refractivity (Wildman–Crippen MR) is 97.5 cm³/mol. The lowest BCUT2D eigenvalue weighted by atomic mass is 10.0. The van der Waals surface area contributed by atoms with Gasteiger partial charge < -0.3 is 9.47 Å². The highest BCUT2D eigenvalue weighted by molar-refractivity contribution is 5.93. The molecule has 0 saturated carbocycles. The molecule has 0 aliphatic carbocycles. The molecule has 2 aromatic heterocycles. The number of para-hydroxylation sites is 2. The fraction of sp³-hybridized carbons (Fsp3) is 0.421. The zero-order chi connectivity index (χ0) is 18.3. The zero-order valence-electron chi connectivity index (χ0n) is 15.3. The first-order valence-electron chi connectivity index (χ1n) is 8.94. The van der Waals surface area contributed by atoms with Crippen LogP contribution in [0, 0.1) is 12.8 Å². The van der Waals surface area contributed by atoms with Crippen molar-refractivity contribution >= 4 is 16.9 Å². The Morgan fingerprint density at radius 2 is 2.00 bits per heavy atom. The molecule has 0 radical (unpaired) electrons. The Hall–Kier alpha value is -2.83. The SMILES string of the molecule is Cc1nnc2n1[C@@H](CC(C)C)CN(C(=O)c1cnc3ccccc3n1)C2. The van der Waals surface area contributed by atoms with E-state index in [9.17, 15) is 4.79 Å². The molecule has 0 saturated heterocycles. The largest absolute Gasteiger partial charge is 0.328 e. The number of carbonyl (C=O) groups excluding carboxylic acids is 1. The second kappa shape index (κ2) is 6.48. The van der Waals surface area contributed by atoms with Crippen LogP contribution in [0.5, 0.6) is 0 Å². The number of fused-ring (bicyclic) bond motifs is 2. The van der Waals surface area contributed by atoms with Crippen LogP contribution in [-0.2, 0) is 6.54 Å². The molecule has 3 aromatic rings. The van der Waals surface area contributed by atoms with Gasteiger partial charge in [-0.15, -0.1) is 10.2 Å². The van der Waals surface area contributed by atoms with Crippen molar-refractivity contribution in [3.8, 4) is 0 Å². The number of nitrogens with zero attached hydrogens (tertiary/aromatic N) is 6. The molecule has 3 heterocycles. The fourth-order valence-electron chi connectivity index (χ4n) is 3.67. The Morgan fingerprint density at radius 1 is 1.23 bits per heavy atom. The number of aromatic nitrogens is 5. The highest BCUT2D eigenvalue weighted by Crippen LogP contribution is 2.28. The molecule has 1 aliphatic rings. The number of benzene rings is 1. The van der Waals surface area contributed by atoms with Gasteiger partial charge in [-0.3, -0.25) is 9.78 Å². The van der Waals surface area contributed by atoms with Crippen molar-refractivity contribution in [1.29, 1.82) is 0 Å². The van der Waals surface area contributed by atoms with Crippen LogP contribution in [0.1, 0.15) is 48.4 Å². The molecule has 134 valence electrons. The van der Waals surface area contributed by atoms with E-state index in [1.807, 2.05) is 36.1 Å². The molecule has 0 N–H and O–H groups in total. The average molecular weight is 350 g/mol. The van der Waals surface area contributed by atoms with Gasteiger partial charge >= 0.3 is 0 Å². The quantitative estimate of drug-likeness (QED) is 0.726. The Labute approximate surface area is 152 Å². The van der Waals surface area contributed by atoms with Crippen LogP contribution in [0.3, 0.4) is 0 Å². The van der Waals surface area contributed by atoms with E-state index >= 15 is 0 Å². The van der Waals surface area contributed by atoms with E-state index in [1.54, 1.807) is 6.20 Å². The van der Waals surface area contributed by atoms with Crippen LogP contribution < -0.4 is 0 Å². The smallest absolute Gasteiger partial charge is 0.274 e. The summed E-state index contributed by atoms with van der Waals surface area (Å²) in [5.74, 6) is 2.15. The zero-order valence-corrected chi connectivity index (χ0v) is 15.3. The maximum Gasteiger partial charge on any atom is 0.274 e. The van der Waals surface area contributed by atoms with Gasteiger partial charge in [0.15, 0.2) is 5.82 Å². The third-order valence-electron chi connectivity index (χ3n) is 4.76. The van der Waals surface area contributed by atoms with Gasteiger partial charge in [0.2, 0.25) is 0 Å². The normalized spacial score (nSPS) is 16.9. The minimum Gasteiger partial charge on any atom is -0.328 e. The van der Waals surface area contributed by atoms with Crippen molar-refractivity contribution in [3.63, 3.8) is 0 Å². The third-order valence-corrected chi connectivity index (χ3v) is 4.76. The Morgan fingerprint density at radius 3 is 2.77 bits per heavy atom. The average Bonchev–Trinajstić information content (AvgIpc) is 3.01. The summed E-state index contributed by atoms with van der Waals surface area (Å²) in [5.41, 5.74) is 1.89. The number of rotatable bonds is 3. The molecular weight excluding hydrogens is 328 g/mol. The second-order valence-electron chi connectivity index (χ2n) is 7.25. The first-order valence-corrected chi connectivity index (χ1v) is 8.94. The number of hydrogen-bond acceptors (Lipinski definition) is 5. The Bertz CT molecular complexity index is 964. The molecule has 7 heteroatoms. The van der Waals surface area contributed by atoms with E-state index in [-0.39, 0.29) is 11.9 Å². The van der Waals surface area contributed by atoms with E-state index in [4.69, 9.17) is 0 Å². The van der Waals surface area contributed by atoms with Crippen LogP contribution in [0.4, 0.5) is 0 Å². The molecule has 7 nitrogen and oxygen atoms in total. The highest BCUT2D eigenvalue weighted by atomic mass is 16.2. The number of amides is 1. The minimum absolute atomic E-state index is 0.107. The van der Waals surface area contributed by atoms with Crippen LogP contribution >= 0.6 is 0 Å². The lowest BCUT2D eigenvalue weighted by molar-refractivity contribution is 0.0654. The van der Waals surface area contributed by atoms with Crippen LogP contribution in [0.2, 0.25) is 0 Å². The molecular formula is C19H22N6O. The number of hydrogen-bond donors (Lipinski definition) is 0. The topological polar surface area (TPSA) is 76.8 Å². The van der Waals surface area contributed by atoms with Crippen molar-refractivity contribution in [3.05, 3.63) is 47.8 Å². The molecule has 1 amide bonds. The molecule has 0 spiro atoms. The third kappa shape index (κ3) is 2.94. The van der Waals surface area contributed by atoms with Crippen LogP contribution in [-0.4, -0.2) is 42.1 Å². The summed E-state index contributed by atoms with van der Waals surface area (Å²) >= 11 is 0. The fourth-order valence-corrected chi connectivity index (χ4v) is 3.67. The maximum atomic E-state index is 13.1. The lowest BCUT2D eigenvalue weighted by Crippen LogP contribution is -2.42. The first-order chi connectivity index (χ1) is 12.5. The van der Waals surface area contributed by atoms with Crippen molar-refractivity contribution < 1.29 is 4.79 Å². The molecule has 0 unspecified atom stereocenters. The molecule has 1 aliphatic heterocycles. The second-order valence-corrected chi connectivity index (χ2v) is 7.25. The van der Waals surface area contributed by atoms with Gasteiger partial charge in [-0.2, -0.15) is 0 Å². The molecule has 1 atom stereocenters. The summed E-state index contributed by atoms with van der Waals surface area (Å²) < 4.78 is 2.18. The van der Waals surface area contributed by atoms with Gasteiger partial charge in [0.25, 0.3) is 5.91 Å². The summed E-state index contributed by atoms with van der Waals surface area (Å²) in [5, 5.41) is 8.48. The molecule has 0 bridgehead atoms. The maximum absolute atomic E-state index is 13.1. The summed E-state index contributed by atoms with van der Waals surface area (Å²) in [6.07, 6.45) is 2.53. The molecule has 0 fully saturated rings. The van der Waals surface area contributed by atoms with E-state index in [1.165, 1.54) is 0 Å². The van der Waals surface area contributed by atoms with Gasteiger partial charge in [0, 0.05) is 6.54 Å². The Balaban J connectivity index is 1.65. The molecule has 1 aromatic carbocycles. The highest BCUT2D eigenvalue weighted by Gasteiger charge is 2.32. The summed E-state index contributed by atoms with van der Waals surface area (Å²) in [4.78, 5) is 23.7. The van der Waals surface area contributed by atoms with Crippen molar-refractivity contribution in [2.24, 2.45) is 5.92 Å². The Kier molecular flexibility index (Phi) is 4.14. The van der Waals surface area contributed by atoms with Crippen LogP contribution in [0.15, 0.2) is 30.5 Å². The van der Waals surface area contributed by atoms with Gasteiger partial charge in [0.05, 0.1) is 29.8 Å². The number of aryl methyl sites for hydroxylation is 1. The first kappa shape index (κ1) is 16.6. The van der Waals surface area contributed by atoms with Crippen molar-refractivity contribution in [2.45, 2.75) is 39.8 Å².